The summed E-state index contributed by atoms with van der Waals surface area (Å²) >= 11 is 0. The van der Waals surface area contributed by atoms with Crippen LogP contribution in [0.25, 0.3) is 16.9 Å². The molecule has 0 spiro atoms. The first kappa shape index (κ1) is 24.7. The van der Waals surface area contributed by atoms with Gasteiger partial charge in [0.05, 0.1) is 18.5 Å². The van der Waals surface area contributed by atoms with Crippen LogP contribution < -0.4 is 10.1 Å². The Hall–Kier alpha value is -4.46. The number of nitrogens with zero attached hydrogens (tertiary/aromatic N) is 3. The first-order valence-corrected chi connectivity index (χ1v) is 11.5. The number of likely N-dealkylation sites (N-methyl/N-ethyl adjacent to an activating group) is 1. The fraction of sp³-hybridized carbons (Fsp3) is 0.179. The van der Waals surface area contributed by atoms with Gasteiger partial charge in [0.2, 0.25) is 11.9 Å². The fourth-order valence-electron chi connectivity index (χ4n) is 3.73. The SMILES string of the molecule is CCN(CC(=O)Nc1nc(-c2ccccc2)cn1-c1ccc(C)c(F)c1)C(=O)c1ccc(OC)cc1. The number of imidazole rings is 1. The normalized spacial score (nSPS) is 10.7. The Kier molecular flexibility index (Phi) is 7.44. The largest absolute Gasteiger partial charge is 0.497 e. The van der Waals surface area contributed by atoms with Crippen LogP contribution in [0, 0.1) is 12.7 Å². The average molecular weight is 487 g/mol. The molecular formula is C28H27FN4O3. The van der Waals surface area contributed by atoms with Gasteiger partial charge in [-0.3, -0.25) is 19.5 Å². The summed E-state index contributed by atoms with van der Waals surface area (Å²) in [5, 5.41) is 2.80. The highest BCUT2D eigenvalue weighted by atomic mass is 19.1. The van der Waals surface area contributed by atoms with Crippen LogP contribution in [0.5, 0.6) is 5.75 Å². The minimum atomic E-state index is -0.419. The van der Waals surface area contributed by atoms with Crippen LogP contribution in [0.2, 0.25) is 0 Å². The third-order valence-corrected chi connectivity index (χ3v) is 5.80. The number of hydrogen-bond acceptors (Lipinski definition) is 4. The van der Waals surface area contributed by atoms with Gasteiger partial charge in [-0.05, 0) is 55.8 Å². The van der Waals surface area contributed by atoms with Crippen LogP contribution in [0.15, 0.2) is 79.0 Å². The second-order valence-corrected chi connectivity index (χ2v) is 8.22. The highest BCUT2D eigenvalue weighted by molar-refractivity contribution is 5.99. The maximum absolute atomic E-state index is 14.3. The molecule has 0 aliphatic rings. The lowest BCUT2D eigenvalue weighted by molar-refractivity contribution is -0.116. The lowest BCUT2D eigenvalue weighted by Crippen LogP contribution is -2.38. The van der Waals surface area contributed by atoms with Crippen LogP contribution in [-0.4, -0.2) is 46.5 Å². The Morgan fingerprint density at radius 2 is 1.78 bits per heavy atom. The highest BCUT2D eigenvalue weighted by Gasteiger charge is 2.20. The summed E-state index contributed by atoms with van der Waals surface area (Å²) in [5.74, 6) is -0.181. The van der Waals surface area contributed by atoms with E-state index in [0.717, 1.165) is 5.56 Å². The van der Waals surface area contributed by atoms with Crippen LogP contribution in [0.4, 0.5) is 10.3 Å². The van der Waals surface area contributed by atoms with Crippen LogP contribution in [0.3, 0.4) is 0 Å². The molecule has 1 heterocycles. The maximum atomic E-state index is 14.3. The second kappa shape index (κ2) is 10.9. The number of amides is 2. The predicted octanol–water partition coefficient (Wildman–Crippen LogP) is 5.10. The zero-order valence-corrected chi connectivity index (χ0v) is 20.4. The number of halogens is 1. The molecule has 8 heteroatoms. The molecular weight excluding hydrogens is 459 g/mol. The van der Waals surface area contributed by atoms with Crippen molar-refractivity contribution in [3.63, 3.8) is 0 Å². The minimum Gasteiger partial charge on any atom is -0.497 e. The number of aryl methyl sites for hydroxylation is 1. The molecule has 36 heavy (non-hydrogen) atoms. The molecule has 3 aromatic carbocycles. The Morgan fingerprint density at radius 1 is 1.06 bits per heavy atom. The van der Waals surface area contributed by atoms with E-state index in [4.69, 9.17) is 4.74 Å². The number of carbonyl (C=O) groups is 2. The van der Waals surface area contributed by atoms with Gasteiger partial charge in [0.25, 0.3) is 5.91 Å². The standard InChI is InChI=1S/C28H27FN4O3/c1-4-32(27(35)21-11-14-23(36-3)15-12-21)18-26(34)31-28-30-25(20-8-6-5-7-9-20)17-33(28)22-13-10-19(2)24(29)16-22/h5-17H,4,18H2,1-3H3,(H,30,31,34). The van der Waals surface area contributed by atoms with E-state index in [1.807, 2.05) is 30.3 Å². The summed E-state index contributed by atoms with van der Waals surface area (Å²) in [4.78, 5) is 32.0. The van der Waals surface area contributed by atoms with Gasteiger partial charge < -0.3 is 9.64 Å². The number of methoxy groups -OCH3 is 1. The molecule has 0 aliphatic carbocycles. The van der Waals surface area contributed by atoms with Gasteiger partial charge in [-0.15, -0.1) is 0 Å². The summed E-state index contributed by atoms with van der Waals surface area (Å²) in [5.41, 5.74) is 2.96. The molecule has 4 rings (SSSR count). The topological polar surface area (TPSA) is 76.5 Å². The molecule has 0 saturated carbocycles. The summed E-state index contributed by atoms with van der Waals surface area (Å²) in [7, 11) is 1.55. The van der Waals surface area contributed by atoms with Crippen molar-refractivity contribution < 1.29 is 18.7 Å². The summed E-state index contributed by atoms with van der Waals surface area (Å²) in [6.07, 6.45) is 1.75. The van der Waals surface area contributed by atoms with Crippen molar-refractivity contribution in [3.8, 4) is 22.7 Å². The lowest BCUT2D eigenvalue weighted by Gasteiger charge is -2.20. The number of ether oxygens (including phenoxy) is 1. The van der Waals surface area contributed by atoms with E-state index in [2.05, 4.69) is 10.3 Å². The third kappa shape index (κ3) is 5.43. The van der Waals surface area contributed by atoms with Crippen LogP contribution >= 0.6 is 0 Å². The van der Waals surface area contributed by atoms with Crippen LogP contribution in [0.1, 0.15) is 22.8 Å². The molecule has 1 N–H and O–H groups in total. The molecule has 0 bridgehead atoms. The molecule has 0 saturated heterocycles. The fourth-order valence-corrected chi connectivity index (χ4v) is 3.73. The summed E-state index contributed by atoms with van der Waals surface area (Å²) < 4.78 is 21.1. The monoisotopic (exact) mass is 486 g/mol. The van der Waals surface area contributed by atoms with E-state index >= 15 is 0 Å². The van der Waals surface area contributed by atoms with E-state index in [1.165, 1.54) is 11.0 Å². The molecule has 0 fully saturated rings. The van der Waals surface area contributed by atoms with Crippen molar-refractivity contribution in [1.29, 1.82) is 0 Å². The minimum absolute atomic E-state index is 0.169. The Morgan fingerprint density at radius 3 is 2.42 bits per heavy atom. The quantitative estimate of drug-likeness (QED) is 0.376. The van der Waals surface area contributed by atoms with Gasteiger partial charge >= 0.3 is 0 Å². The van der Waals surface area contributed by atoms with Gasteiger partial charge in [-0.2, -0.15) is 0 Å². The molecule has 0 unspecified atom stereocenters. The Labute approximate surface area is 209 Å². The summed E-state index contributed by atoms with van der Waals surface area (Å²) in [6, 6.07) is 21.0. The van der Waals surface area contributed by atoms with Crippen molar-refractivity contribution >= 4 is 17.8 Å². The molecule has 2 amide bonds. The zero-order chi connectivity index (χ0) is 25.7. The van der Waals surface area contributed by atoms with Crippen LogP contribution in [-0.2, 0) is 4.79 Å². The van der Waals surface area contributed by atoms with Crippen molar-refractivity contribution in [2.45, 2.75) is 13.8 Å². The van der Waals surface area contributed by atoms with Gasteiger partial charge in [-0.1, -0.05) is 36.4 Å². The zero-order valence-electron chi connectivity index (χ0n) is 20.4. The molecule has 1 aromatic heterocycles. The number of hydrogen-bond donors (Lipinski definition) is 1. The Bertz CT molecular complexity index is 1370. The first-order chi connectivity index (χ1) is 17.4. The van der Waals surface area contributed by atoms with E-state index < -0.39 is 5.91 Å². The maximum Gasteiger partial charge on any atom is 0.254 e. The number of aromatic nitrogens is 2. The van der Waals surface area contributed by atoms with E-state index in [9.17, 15) is 14.0 Å². The lowest BCUT2D eigenvalue weighted by atomic mass is 10.2. The van der Waals surface area contributed by atoms with E-state index in [0.29, 0.717) is 34.8 Å². The number of rotatable bonds is 8. The smallest absolute Gasteiger partial charge is 0.254 e. The summed E-state index contributed by atoms with van der Waals surface area (Å²) in [6.45, 7) is 3.66. The average Bonchev–Trinajstić information content (AvgIpc) is 3.32. The van der Waals surface area contributed by atoms with Gasteiger partial charge in [-0.25, -0.2) is 9.37 Å². The molecule has 0 atom stereocenters. The van der Waals surface area contributed by atoms with Gasteiger partial charge in [0.1, 0.15) is 18.1 Å². The third-order valence-electron chi connectivity index (χ3n) is 5.80. The van der Waals surface area contributed by atoms with Crippen molar-refractivity contribution in [2.75, 3.05) is 25.5 Å². The van der Waals surface area contributed by atoms with Crippen molar-refractivity contribution in [2.24, 2.45) is 0 Å². The molecule has 7 nitrogen and oxygen atoms in total. The number of benzene rings is 3. The van der Waals surface area contributed by atoms with E-state index in [1.54, 1.807) is 68.1 Å². The number of carbonyl (C=O) groups excluding carboxylic acids is 2. The number of anilines is 1. The number of nitrogens with one attached hydrogen (secondary N) is 1. The van der Waals surface area contributed by atoms with Crippen molar-refractivity contribution in [3.05, 3.63) is 95.9 Å². The second-order valence-electron chi connectivity index (χ2n) is 8.22. The molecule has 4 aromatic rings. The molecule has 0 aliphatic heterocycles. The first-order valence-electron chi connectivity index (χ1n) is 11.5. The molecule has 0 radical (unpaired) electrons. The highest BCUT2D eigenvalue weighted by Crippen LogP contribution is 2.25. The van der Waals surface area contributed by atoms with Gasteiger partial charge in [0.15, 0.2) is 0 Å². The predicted molar refractivity (Wildman–Crippen MR) is 137 cm³/mol. The van der Waals surface area contributed by atoms with Crippen molar-refractivity contribution in [1.82, 2.24) is 14.5 Å². The Balaban J connectivity index is 1.59. The van der Waals surface area contributed by atoms with E-state index in [-0.39, 0.29) is 24.2 Å². The molecule has 184 valence electrons. The van der Waals surface area contributed by atoms with Gasteiger partial charge in [0, 0.05) is 23.9 Å².